The number of anilines is 1. The number of imide groups is 1. The highest BCUT2D eigenvalue weighted by molar-refractivity contribution is 8.19. The normalized spacial score (nSPS) is 15.3. The first-order valence-electron chi connectivity index (χ1n) is 9.86. The van der Waals surface area contributed by atoms with Crippen molar-refractivity contribution in [1.82, 2.24) is 4.57 Å². The van der Waals surface area contributed by atoms with E-state index in [1.165, 1.54) is 17.0 Å². The molecule has 1 aliphatic rings. The highest BCUT2D eigenvalue weighted by atomic mass is 35.5. The Balaban J connectivity index is 1.53. The molecule has 0 spiro atoms. The minimum absolute atomic E-state index is 0.325. The molecule has 158 valence electrons. The van der Waals surface area contributed by atoms with Gasteiger partial charge < -0.3 is 4.57 Å². The van der Waals surface area contributed by atoms with Crippen LogP contribution in [0.2, 0.25) is 5.02 Å². The third kappa shape index (κ3) is 3.72. The fraction of sp³-hybridized carbons (Fsp3) is 0.0400. The summed E-state index contributed by atoms with van der Waals surface area (Å²) in [5, 5.41) is 0.972. The summed E-state index contributed by atoms with van der Waals surface area (Å²) in [5.74, 6) is -0.726. The largest absolute Gasteiger partial charge is 0.342 e. The van der Waals surface area contributed by atoms with E-state index >= 15 is 0 Å². The molecule has 7 heteroatoms. The van der Waals surface area contributed by atoms with Gasteiger partial charge in [0.15, 0.2) is 0 Å². The van der Waals surface area contributed by atoms with Gasteiger partial charge in [-0.15, -0.1) is 0 Å². The van der Waals surface area contributed by atoms with Crippen LogP contribution in [0.25, 0.3) is 17.0 Å². The Labute approximate surface area is 192 Å². The molecule has 2 heterocycles. The number of hydrogen-bond donors (Lipinski definition) is 0. The third-order valence-corrected chi connectivity index (χ3v) is 6.49. The fourth-order valence-corrected chi connectivity index (χ4v) is 4.82. The monoisotopic (exact) mass is 462 g/mol. The van der Waals surface area contributed by atoms with E-state index in [1.807, 2.05) is 41.1 Å². The second kappa shape index (κ2) is 8.30. The van der Waals surface area contributed by atoms with Crippen LogP contribution in [0.1, 0.15) is 11.1 Å². The summed E-state index contributed by atoms with van der Waals surface area (Å²) in [6.45, 7) is 0.443. The summed E-state index contributed by atoms with van der Waals surface area (Å²) in [6.07, 6.45) is 3.67. The Morgan fingerprint density at radius 1 is 0.969 bits per heavy atom. The molecule has 5 rings (SSSR count). The van der Waals surface area contributed by atoms with E-state index in [2.05, 4.69) is 0 Å². The van der Waals surface area contributed by atoms with Gasteiger partial charge >= 0.3 is 0 Å². The second-order valence-electron chi connectivity index (χ2n) is 7.32. The van der Waals surface area contributed by atoms with Crippen molar-refractivity contribution in [3.63, 3.8) is 0 Å². The maximum absolute atomic E-state index is 13.4. The molecule has 0 N–H and O–H groups in total. The average molecular weight is 463 g/mol. The van der Waals surface area contributed by atoms with Gasteiger partial charge in [-0.05, 0) is 53.7 Å². The number of aromatic nitrogens is 1. The molecule has 1 aliphatic heterocycles. The number of halogens is 2. The Bertz CT molecular complexity index is 1400. The number of para-hydroxylation sites is 2. The molecule has 32 heavy (non-hydrogen) atoms. The number of benzene rings is 3. The van der Waals surface area contributed by atoms with Crippen molar-refractivity contribution in [1.29, 1.82) is 0 Å². The van der Waals surface area contributed by atoms with Crippen LogP contribution < -0.4 is 4.90 Å². The van der Waals surface area contributed by atoms with Crippen LogP contribution in [-0.2, 0) is 11.3 Å². The summed E-state index contributed by atoms with van der Waals surface area (Å²) in [7, 11) is 0. The zero-order valence-electron chi connectivity index (χ0n) is 16.7. The van der Waals surface area contributed by atoms with Crippen molar-refractivity contribution in [2.75, 3.05) is 4.90 Å². The number of hydrogen-bond acceptors (Lipinski definition) is 3. The van der Waals surface area contributed by atoms with Gasteiger partial charge in [0.25, 0.3) is 11.1 Å². The fourth-order valence-electron chi connectivity index (χ4n) is 3.76. The molecule has 1 saturated heterocycles. The van der Waals surface area contributed by atoms with Gasteiger partial charge in [-0.1, -0.05) is 54.1 Å². The molecule has 2 amide bonds. The van der Waals surface area contributed by atoms with E-state index in [0.29, 0.717) is 22.2 Å². The van der Waals surface area contributed by atoms with E-state index in [1.54, 1.807) is 36.4 Å². The van der Waals surface area contributed by atoms with Crippen molar-refractivity contribution < 1.29 is 14.0 Å². The maximum Gasteiger partial charge on any atom is 0.298 e. The Kier molecular flexibility index (Phi) is 5.33. The van der Waals surface area contributed by atoms with Crippen molar-refractivity contribution in [3.05, 3.63) is 106 Å². The van der Waals surface area contributed by atoms with Gasteiger partial charge in [-0.3, -0.25) is 9.59 Å². The average Bonchev–Trinajstić information content (AvgIpc) is 3.27. The van der Waals surface area contributed by atoms with Crippen molar-refractivity contribution in [2.24, 2.45) is 0 Å². The first kappa shape index (κ1) is 20.5. The third-order valence-electron chi connectivity index (χ3n) is 5.27. The molecule has 4 aromatic rings. The van der Waals surface area contributed by atoms with Crippen molar-refractivity contribution >= 4 is 57.2 Å². The molecular weight excluding hydrogens is 447 g/mol. The zero-order chi connectivity index (χ0) is 22.2. The summed E-state index contributed by atoms with van der Waals surface area (Å²) < 4.78 is 15.4. The molecule has 0 atom stereocenters. The summed E-state index contributed by atoms with van der Waals surface area (Å²) in [4.78, 5) is 27.1. The Morgan fingerprint density at radius 3 is 2.50 bits per heavy atom. The lowest BCUT2D eigenvalue weighted by atomic mass is 10.1. The Hall–Kier alpha value is -3.35. The van der Waals surface area contributed by atoms with Crippen molar-refractivity contribution in [2.45, 2.75) is 6.54 Å². The quantitative estimate of drug-likeness (QED) is 0.316. The Morgan fingerprint density at radius 2 is 1.72 bits per heavy atom. The van der Waals surface area contributed by atoms with Gasteiger partial charge in [0.1, 0.15) is 5.82 Å². The van der Waals surface area contributed by atoms with Crippen LogP contribution in [-0.4, -0.2) is 15.7 Å². The minimum Gasteiger partial charge on any atom is -0.342 e. The lowest BCUT2D eigenvalue weighted by Crippen LogP contribution is -2.27. The van der Waals surface area contributed by atoms with Gasteiger partial charge in [0, 0.05) is 34.2 Å². The summed E-state index contributed by atoms with van der Waals surface area (Å²) >= 11 is 7.15. The molecule has 3 aromatic carbocycles. The standard InChI is InChI=1S/C25H16ClFN2O2S/c26-21-13-18(27)11-10-16(21)14-28-15-17(20-8-4-5-9-22(20)28)12-23-24(30)29(25(31)32-23)19-6-2-1-3-7-19/h1-13,15H,14H2/b23-12+. The number of amides is 2. The van der Waals surface area contributed by atoms with E-state index in [-0.39, 0.29) is 17.0 Å². The predicted molar refractivity (Wildman–Crippen MR) is 127 cm³/mol. The van der Waals surface area contributed by atoms with Crippen molar-refractivity contribution in [3.8, 4) is 0 Å². The first-order valence-corrected chi connectivity index (χ1v) is 11.1. The molecule has 0 aliphatic carbocycles. The van der Waals surface area contributed by atoms with E-state index in [9.17, 15) is 14.0 Å². The number of fused-ring (bicyclic) bond motifs is 1. The molecule has 1 fully saturated rings. The molecular formula is C25H16ClFN2O2S. The van der Waals surface area contributed by atoms with Crippen LogP contribution in [0, 0.1) is 5.82 Å². The van der Waals surface area contributed by atoms with E-state index < -0.39 is 0 Å². The molecule has 0 bridgehead atoms. The predicted octanol–water partition coefficient (Wildman–Crippen LogP) is 6.72. The molecule has 0 radical (unpaired) electrons. The molecule has 0 unspecified atom stereocenters. The lowest BCUT2D eigenvalue weighted by molar-refractivity contribution is -0.113. The first-order chi connectivity index (χ1) is 15.5. The van der Waals surface area contributed by atoms with Crippen LogP contribution in [0.15, 0.2) is 83.9 Å². The SMILES string of the molecule is O=C1S/C(=C/c2cn(Cc3ccc(F)cc3Cl)c3ccccc23)C(=O)N1c1ccccc1. The molecule has 0 saturated carbocycles. The van der Waals surface area contributed by atoms with Crippen LogP contribution in [0.3, 0.4) is 0 Å². The summed E-state index contributed by atoms with van der Waals surface area (Å²) in [5.41, 5.74) is 3.09. The second-order valence-corrected chi connectivity index (χ2v) is 8.72. The minimum atomic E-state index is -0.383. The highest BCUT2D eigenvalue weighted by Gasteiger charge is 2.36. The highest BCUT2D eigenvalue weighted by Crippen LogP contribution is 2.37. The van der Waals surface area contributed by atoms with Gasteiger partial charge in [-0.2, -0.15) is 0 Å². The maximum atomic E-state index is 13.4. The van der Waals surface area contributed by atoms with Gasteiger partial charge in [-0.25, -0.2) is 9.29 Å². The van der Waals surface area contributed by atoms with Crippen LogP contribution >= 0.6 is 23.4 Å². The van der Waals surface area contributed by atoms with E-state index in [4.69, 9.17) is 11.6 Å². The molecule has 4 nitrogen and oxygen atoms in total. The number of nitrogens with zero attached hydrogens (tertiary/aromatic N) is 2. The number of rotatable bonds is 4. The summed E-state index contributed by atoms with van der Waals surface area (Å²) in [6, 6.07) is 21.0. The smallest absolute Gasteiger partial charge is 0.298 e. The topological polar surface area (TPSA) is 42.3 Å². The number of carbonyl (C=O) groups excluding carboxylic acids is 2. The zero-order valence-corrected chi connectivity index (χ0v) is 18.2. The van der Waals surface area contributed by atoms with E-state index in [0.717, 1.165) is 33.8 Å². The molecule has 1 aromatic heterocycles. The number of carbonyl (C=O) groups is 2. The van der Waals surface area contributed by atoms with Gasteiger partial charge in [0.05, 0.1) is 10.6 Å². The van der Waals surface area contributed by atoms with Crippen LogP contribution in [0.5, 0.6) is 0 Å². The number of thioether (sulfide) groups is 1. The van der Waals surface area contributed by atoms with Gasteiger partial charge in [0.2, 0.25) is 0 Å². The lowest BCUT2D eigenvalue weighted by Gasteiger charge is -2.11. The van der Waals surface area contributed by atoms with Crippen LogP contribution in [0.4, 0.5) is 14.9 Å².